The van der Waals surface area contributed by atoms with E-state index in [1.807, 2.05) is 6.07 Å². The molecule has 0 spiro atoms. The molecule has 0 saturated carbocycles. The summed E-state index contributed by atoms with van der Waals surface area (Å²) < 4.78 is 0. The van der Waals surface area contributed by atoms with Gasteiger partial charge in [-0.3, -0.25) is 9.59 Å². The van der Waals surface area contributed by atoms with Crippen LogP contribution in [0.3, 0.4) is 0 Å². The first-order valence-corrected chi connectivity index (χ1v) is 9.15. The molecule has 0 aliphatic rings. The van der Waals surface area contributed by atoms with Crippen molar-refractivity contribution in [2.75, 3.05) is 7.05 Å². The number of halogens is 3. The standard InChI is InChI=1S/C19H19Cl3N2O2/c1-12(19(26)23-2)24(11-14-7-8-15(20)10-17(14)22)18(25)9-13-5-3-4-6-16(13)21/h3-8,10,12H,9,11H2,1-2H3,(H,23,26)/t12-/m0/s1. The van der Waals surface area contributed by atoms with Crippen LogP contribution in [-0.2, 0) is 22.6 Å². The van der Waals surface area contributed by atoms with Gasteiger partial charge in [0.1, 0.15) is 6.04 Å². The smallest absolute Gasteiger partial charge is 0.242 e. The van der Waals surface area contributed by atoms with E-state index in [0.717, 1.165) is 0 Å². The number of carbonyl (C=O) groups excluding carboxylic acids is 2. The Morgan fingerprint density at radius 1 is 1.04 bits per heavy atom. The van der Waals surface area contributed by atoms with E-state index in [4.69, 9.17) is 34.8 Å². The number of nitrogens with zero attached hydrogens (tertiary/aromatic N) is 1. The molecule has 2 aromatic rings. The Bertz CT molecular complexity index is 811. The third kappa shape index (κ3) is 5.13. The van der Waals surface area contributed by atoms with Gasteiger partial charge in [0.05, 0.1) is 6.42 Å². The van der Waals surface area contributed by atoms with Crippen molar-refractivity contribution in [2.45, 2.75) is 25.9 Å². The highest BCUT2D eigenvalue weighted by atomic mass is 35.5. The molecule has 0 fully saturated rings. The lowest BCUT2D eigenvalue weighted by molar-refractivity contribution is -0.139. The molecule has 2 amide bonds. The number of carbonyl (C=O) groups is 2. The lowest BCUT2D eigenvalue weighted by Crippen LogP contribution is -2.47. The second-order valence-electron chi connectivity index (χ2n) is 5.82. The quantitative estimate of drug-likeness (QED) is 0.765. The Labute approximate surface area is 168 Å². The molecule has 0 radical (unpaired) electrons. The average molecular weight is 414 g/mol. The summed E-state index contributed by atoms with van der Waals surface area (Å²) in [5, 5.41) is 4.03. The van der Waals surface area contributed by atoms with E-state index in [0.29, 0.717) is 26.2 Å². The van der Waals surface area contributed by atoms with Crippen molar-refractivity contribution in [2.24, 2.45) is 0 Å². The van der Waals surface area contributed by atoms with Crippen molar-refractivity contribution in [1.82, 2.24) is 10.2 Å². The number of amides is 2. The zero-order valence-corrected chi connectivity index (χ0v) is 16.7. The molecule has 4 nitrogen and oxygen atoms in total. The SMILES string of the molecule is CNC(=O)[C@H](C)N(Cc1ccc(Cl)cc1Cl)C(=O)Cc1ccccc1Cl. The van der Waals surface area contributed by atoms with E-state index < -0.39 is 6.04 Å². The molecule has 0 bridgehead atoms. The van der Waals surface area contributed by atoms with Crippen LogP contribution in [0.25, 0.3) is 0 Å². The molecule has 0 unspecified atom stereocenters. The number of likely N-dealkylation sites (N-methyl/N-ethyl adjacent to an activating group) is 1. The van der Waals surface area contributed by atoms with Gasteiger partial charge in [0.2, 0.25) is 11.8 Å². The lowest BCUT2D eigenvalue weighted by atomic mass is 10.1. The van der Waals surface area contributed by atoms with Crippen LogP contribution in [0.15, 0.2) is 42.5 Å². The highest BCUT2D eigenvalue weighted by molar-refractivity contribution is 6.35. The molecule has 2 aromatic carbocycles. The topological polar surface area (TPSA) is 49.4 Å². The summed E-state index contributed by atoms with van der Waals surface area (Å²) in [6, 6.07) is 11.5. The molecular weight excluding hydrogens is 395 g/mol. The van der Waals surface area contributed by atoms with Crippen LogP contribution in [0, 0.1) is 0 Å². The number of hydrogen-bond acceptors (Lipinski definition) is 2. The summed E-state index contributed by atoms with van der Waals surface area (Å²) >= 11 is 18.3. The van der Waals surface area contributed by atoms with Crippen molar-refractivity contribution in [1.29, 1.82) is 0 Å². The van der Waals surface area contributed by atoms with Crippen LogP contribution in [0.4, 0.5) is 0 Å². The van der Waals surface area contributed by atoms with E-state index in [1.54, 1.807) is 43.3 Å². The molecule has 1 N–H and O–H groups in total. The van der Waals surface area contributed by atoms with E-state index in [9.17, 15) is 9.59 Å². The van der Waals surface area contributed by atoms with Gasteiger partial charge in [0.15, 0.2) is 0 Å². The second-order valence-corrected chi connectivity index (χ2v) is 7.07. The minimum absolute atomic E-state index is 0.0895. The maximum absolute atomic E-state index is 12.9. The second kappa shape index (κ2) is 9.26. The van der Waals surface area contributed by atoms with Gasteiger partial charge in [0.25, 0.3) is 0 Å². The molecule has 0 aliphatic carbocycles. The first-order chi connectivity index (χ1) is 12.3. The maximum Gasteiger partial charge on any atom is 0.242 e. The van der Waals surface area contributed by atoms with Gasteiger partial charge in [-0.25, -0.2) is 0 Å². The summed E-state index contributed by atoms with van der Waals surface area (Å²) in [6.45, 7) is 1.86. The fourth-order valence-corrected chi connectivity index (χ4v) is 3.20. The summed E-state index contributed by atoms with van der Waals surface area (Å²) in [5.74, 6) is -0.484. The average Bonchev–Trinajstić information content (AvgIpc) is 2.61. The summed E-state index contributed by atoms with van der Waals surface area (Å²) in [5.41, 5.74) is 1.41. The van der Waals surface area contributed by atoms with Gasteiger partial charge < -0.3 is 10.2 Å². The summed E-state index contributed by atoms with van der Waals surface area (Å²) in [4.78, 5) is 26.5. The highest BCUT2D eigenvalue weighted by Gasteiger charge is 2.26. The van der Waals surface area contributed by atoms with Gasteiger partial charge in [-0.2, -0.15) is 0 Å². The van der Waals surface area contributed by atoms with E-state index >= 15 is 0 Å². The first kappa shape index (κ1) is 20.6. The monoisotopic (exact) mass is 412 g/mol. The van der Waals surface area contributed by atoms with Crippen LogP contribution in [-0.4, -0.2) is 29.8 Å². The molecule has 0 aliphatic heterocycles. The molecule has 26 heavy (non-hydrogen) atoms. The molecule has 1 atom stereocenters. The highest BCUT2D eigenvalue weighted by Crippen LogP contribution is 2.24. The van der Waals surface area contributed by atoms with E-state index in [2.05, 4.69) is 5.32 Å². The molecule has 2 rings (SSSR count). The Balaban J connectivity index is 2.29. The van der Waals surface area contributed by atoms with Crippen LogP contribution in [0.1, 0.15) is 18.1 Å². The van der Waals surface area contributed by atoms with Gasteiger partial charge in [-0.15, -0.1) is 0 Å². The zero-order chi connectivity index (χ0) is 19.3. The van der Waals surface area contributed by atoms with Crippen LogP contribution < -0.4 is 5.32 Å². The molecule has 0 heterocycles. The predicted octanol–water partition coefficient (Wildman–Crippen LogP) is 4.35. The molecular formula is C19H19Cl3N2O2. The maximum atomic E-state index is 12.9. The minimum Gasteiger partial charge on any atom is -0.357 e. The predicted molar refractivity (Wildman–Crippen MR) is 106 cm³/mol. The van der Waals surface area contributed by atoms with Gasteiger partial charge in [-0.1, -0.05) is 59.1 Å². The molecule has 138 valence electrons. The number of rotatable bonds is 6. The van der Waals surface area contributed by atoms with Crippen molar-refractivity contribution in [3.05, 3.63) is 68.7 Å². The van der Waals surface area contributed by atoms with E-state index in [1.165, 1.54) is 11.9 Å². The molecule has 0 aromatic heterocycles. The van der Waals surface area contributed by atoms with Crippen LogP contribution in [0.5, 0.6) is 0 Å². The van der Waals surface area contributed by atoms with Gasteiger partial charge in [0, 0.05) is 28.7 Å². The Kier molecular flexibility index (Phi) is 7.33. The largest absolute Gasteiger partial charge is 0.357 e. The Morgan fingerprint density at radius 2 is 1.73 bits per heavy atom. The zero-order valence-electron chi connectivity index (χ0n) is 14.4. The number of nitrogens with one attached hydrogen (secondary N) is 1. The van der Waals surface area contributed by atoms with Crippen molar-refractivity contribution in [3.8, 4) is 0 Å². The fraction of sp³-hybridized carbons (Fsp3) is 0.263. The molecule has 0 saturated heterocycles. The Hall–Kier alpha value is -1.75. The number of benzene rings is 2. The minimum atomic E-state index is -0.665. The molecule has 7 heteroatoms. The number of hydrogen-bond donors (Lipinski definition) is 1. The summed E-state index contributed by atoms with van der Waals surface area (Å²) in [7, 11) is 1.53. The summed E-state index contributed by atoms with van der Waals surface area (Å²) in [6.07, 6.45) is 0.0895. The lowest BCUT2D eigenvalue weighted by Gasteiger charge is -2.29. The van der Waals surface area contributed by atoms with Gasteiger partial charge >= 0.3 is 0 Å². The van der Waals surface area contributed by atoms with E-state index in [-0.39, 0.29) is 24.8 Å². The third-order valence-electron chi connectivity index (χ3n) is 4.07. The first-order valence-electron chi connectivity index (χ1n) is 8.02. The Morgan fingerprint density at radius 3 is 2.35 bits per heavy atom. The van der Waals surface area contributed by atoms with Crippen LogP contribution in [0.2, 0.25) is 15.1 Å². The van der Waals surface area contributed by atoms with Crippen molar-refractivity contribution in [3.63, 3.8) is 0 Å². The van der Waals surface area contributed by atoms with Crippen LogP contribution >= 0.6 is 34.8 Å². The third-order valence-corrected chi connectivity index (χ3v) is 5.02. The van der Waals surface area contributed by atoms with Gasteiger partial charge in [-0.05, 0) is 36.2 Å². The van der Waals surface area contributed by atoms with Crippen molar-refractivity contribution >= 4 is 46.6 Å². The van der Waals surface area contributed by atoms with Crippen molar-refractivity contribution < 1.29 is 9.59 Å². The fourth-order valence-electron chi connectivity index (χ4n) is 2.53. The normalized spacial score (nSPS) is 11.7.